The molecule has 0 radical (unpaired) electrons. The molecule has 0 atom stereocenters. The van der Waals surface area contributed by atoms with Gasteiger partial charge >= 0.3 is 0 Å². The van der Waals surface area contributed by atoms with Crippen LogP contribution in [-0.2, 0) is 6.61 Å². The van der Waals surface area contributed by atoms with Crippen molar-refractivity contribution in [1.29, 1.82) is 0 Å². The lowest BCUT2D eigenvalue weighted by molar-refractivity contribution is 0.0844. The second kappa shape index (κ2) is 10.7. The van der Waals surface area contributed by atoms with Gasteiger partial charge in [0.2, 0.25) is 0 Å². The van der Waals surface area contributed by atoms with E-state index in [0.29, 0.717) is 35.8 Å². The average molecular weight is 404 g/mol. The number of para-hydroxylation sites is 1. The summed E-state index contributed by atoms with van der Waals surface area (Å²) in [5.41, 5.74) is 6.58. The standard InChI is InChI=1S/C24H24N2O4/c1-2-15-29-20-12-8-11-19(16-20)23(27)25-26-24(28)21-13-6-7-14-22(21)30-17-18-9-4-3-5-10-18/h3-14,16H,2,15,17H2,1H3,(H,25,27)(H,26,28). The number of benzene rings is 3. The highest BCUT2D eigenvalue weighted by atomic mass is 16.5. The molecule has 0 aliphatic carbocycles. The molecular weight excluding hydrogens is 380 g/mol. The number of carbonyl (C=O) groups excluding carboxylic acids is 2. The van der Waals surface area contributed by atoms with E-state index in [1.54, 1.807) is 48.5 Å². The van der Waals surface area contributed by atoms with Crippen LogP contribution in [0.3, 0.4) is 0 Å². The van der Waals surface area contributed by atoms with E-state index in [4.69, 9.17) is 9.47 Å². The molecule has 2 amide bonds. The predicted molar refractivity (Wildman–Crippen MR) is 114 cm³/mol. The molecule has 154 valence electrons. The zero-order chi connectivity index (χ0) is 21.2. The van der Waals surface area contributed by atoms with E-state index in [1.807, 2.05) is 37.3 Å². The van der Waals surface area contributed by atoms with Gasteiger partial charge in [-0.1, -0.05) is 55.5 Å². The number of hydrogen-bond acceptors (Lipinski definition) is 4. The van der Waals surface area contributed by atoms with Crippen molar-refractivity contribution in [2.24, 2.45) is 0 Å². The molecule has 0 aromatic heterocycles. The van der Waals surface area contributed by atoms with Crippen LogP contribution in [0.25, 0.3) is 0 Å². The van der Waals surface area contributed by atoms with Crippen LogP contribution < -0.4 is 20.3 Å². The van der Waals surface area contributed by atoms with Gasteiger partial charge < -0.3 is 9.47 Å². The van der Waals surface area contributed by atoms with Crippen molar-refractivity contribution >= 4 is 11.8 Å². The van der Waals surface area contributed by atoms with Gasteiger partial charge in [0.1, 0.15) is 18.1 Å². The number of amides is 2. The maximum absolute atomic E-state index is 12.6. The van der Waals surface area contributed by atoms with Crippen molar-refractivity contribution in [2.75, 3.05) is 6.61 Å². The van der Waals surface area contributed by atoms with Crippen molar-refractivity contribution < 1.29 is 19.1 Å². The van der Waals surface area contributed by atoms with E-state index in [9.17, 15) is 9.59 Å². The third kappa shape index (κ3) is 5.85. The van der Waals surface area contributed by atoms with Crippen LogP contribution in [0.5, 0.6) is 11.5 Å². The topological polar surface area (TPSA) is 76.7 Å². The molecular formula is C24H24N2O4. The molecule has 0 saturated heterocycles. The third-order valence-corrected chi connectivity index (χ3v) is 4.23. The minimum absolute atomic E-state index is 0.328. The Balaban J connectivity index is 1.60. The molecule has 0 aliphatic heterocycles. The molecule has 0 heterocycles. The number of hydrazine groups is 1. The zero-order valence-electron chi connectivity index (χ0n) is 16.8. The minimum Gasteiger partial charge on any atom is -0.494 e. The summed E-state index contributed by atoms with van der Waals surface area (Å²) in [5.74, 6) is 0.136. The second-order valence-corrected chi connectivity index (χ2v) is 6.55. The fourth-order valence-electron chi connectivity index (χ4n) is 2.72. The molecule has 0 bridgehead atoms. The van der Waals surface area contributed by atoms with E-state index in [1.165, 1.54) is 0 Å². The summed E-state index contributed by atoms with van der Waals surface area (Å²) >= 11 is 0. The minimum atomic E-state index is -0.467. The highest BCUT2D eigenvalue weighted by Gasteiger charge is 2.14. The van der Waals surface area contributed by atoms with Gasteiger partial charge in [-0.05, 0) is 42.3 Å². The first kappa shape index (κ1) is 20.9. The Labute approximate surface area is 175 Å². The van der Waals surface area contributed by atoms with Gasteiger partial charge in [-0.25, -0.2) is 0 Å². The number of hydrogen-bond donors (Lipinski definition) is 2. The second-order valence-electron chi connectivity index (χ2n) is 6.55. The third-order valence-electron chi connectivity index (χ3n) is 4.23. The molecule has 0 saturated carbocycles. The van der Waals surface area contributed by atoms with Crippen LogP contribution >= 0.6 is 0 Å². The molecule has 2 N–H and O–H groups in total. The van der Waals surface area contributed by atoms with Crippen LogP contribution in [0.4, 0.5) is 0 Å². The van der Waals surface area contributed by atoms with E-state index in [0.717, 1.165) is 12.0 Å². The van der Waals surface area contributed by atoms with Crippen LogP contribution in [0.2, 0.25) is 0 Å². The molecule has 6 heteroatoms. The van der Waals surface area contributed by atoms with Crippen LogP contribution in [-0.4, -0.2) is 18.4 Å². The van der Waals surface area contributed by atoms with Crippen LogP contribution in [0, 0.1) is 0 Å². The Bertz CT molecular complexity index is 989. The van der Waals surface area contributed by atoms with Crippen molar-refractivity contribution in [1.82, 2.24) is 10.9 Å². The van der Waals surface area contributed by atoms with E-state index in [-0.39, 0.29) is 0 Å². The van der Waals surface area contributed by atoms with Crippen LogP contribution in [0.1, 0.15) is 39.6 Å². The Morgan fingerprint density at radius 1 is 0.800 bits per heavy atom. The van der Waals surface area contributed by atoms with Gasteiger partial charge in [0.15, 0.2) is 0 Å². The molecule has 0 aliphatic rings. The molecule has 0 fully saturated rings. The highest BCUT2D eigenvalue weighted by molar-refractivity contribution is 6.00. The van der Waals surface area contributed by atoms with E-state index < -0.39 is 11.8 Å². The molecule has 3 aromatic carbocycles. The maximum atomic E-state index is 12.6. The van der Waals surface area contributed by atoms with Gasteiger partial charge in [-0.3, -0.25) is 20.4 Å². The molecule has 0 spiro atoms. The number of nitrogens with one attached hydrogen (secondary N) is 2. The summed E-state index contributed by atoms with van der Waals surface area (Å²) in [6, 6.07) is 23.4. The largest absolute Gasteiger partial charge is 0.494 e. The van der Waals surface area contributed by atoms with Crippen molar-refractivity contribution in [3.05, 3.63) is 95.6 Å². The summed E-state index contributed by atoms with van der Waals surface area (Å²) in [6.07, 6.45) is 0.873. The Morgan fingerprint density at radius 2 is 1.53 bits per heavy atom. The summed E-state index contributed by atoms with van der Waals surface area (Å²) in [4.78, 5) is 25.0. The predicted octanol–water partition coefficient (Wildman–Crippen LogP) is 4.13. The average Bonchev–Trinajstić information content (AvgIpc) is 2.80. The van der Waals surface area contributed by atoms with Gasteiger partial charge in [-0.2, -0.15) is 0 Å². The fraction of sp³-hybridized carbons (Fsp3) is 0.167. The Morgan fingerprint density at radius 3 is 2.33 bits per heavy atom. The van der Waals surface area contributed by atoms with Gasteiger partial charge in [0, 0.05) is 5.56 Å². The van der Waals surface area contributed by atoms with Crippen molar-refractivity contribution in [2.45, 2.75) is 20.0 Å². The lowest BCUT2D eigenvalue weighted by Crippen LogP contribution is -2.41. The Hall–Kier alpha value is -3.80. The quantitative estimate of drug-likeness (QED) is 0.554. The summed E-state index contributed by atoms with van der Waals surface area (Å²) in [7, 11) is 0. The van der Waals surface area contributed by atoms with Crippen molar-refractivity contribution in [3.63, 3.8) is 0 Å². The first-order valence-electron chi connectivity index (χ1n) is 9.76. The molecule has 6 nitrogen and oxygen atoms in total. The monoisotopic (exact) mass is 404 g/mol. The van der Waals surface area contributed by atoms with Crippen molar-refractivity contribution in [3.8, 4) is 11.5 Å². The van der Waals surface area contributed by atoms with E-state index >= 15 is 0 Å². The molecule has 0 unspecified atom stereocenters. The highest BCUT2D eigenvalue weighted by Crippen LogP contribution is 2.19. The van der Waals surface area contributed by atoms with E-state index in [2.05, 4.69) is 10.9 Å². The summed E-state index contributed by atoms with van der Waals surface area (Å²) < 4.78 is 11.3. The SMILES string of the molecule is CCCOc1cccc(C(=O)NNC(=O)c2ccccc2OCc2ccccc2)c1. The lowest BCUT2D eigenvalue weighted by atomic mass is 10.2. The normalized spacial score (nSPS) is 10.2. The lowest BCUT2D eigenvalue weighted by Gasteiger charge is -2.13. The smallest absolute Gasteiger partial charge is 0.273 e. The maximum Gasteiger partial charge on any atom is 0.273 e. The summed E-state index contributed by atoms with van der Waals surface area (Å²) in [6.45, 7) is 2.91. The van der Waals surface area contributed by atoms with Gasteiger partial charge in [0.25, 0.3) is 11.8 Å². The molecule has 30 heavy (non-hydrogen) atoms. The van der Waals surface area contributed by atoms with Gasteiger partial charge in [0.05, 0.1) is 12.2 Å². The Kier molecular flexibility index (Phi) is 7.44. The first-order valence-corrected chi connectivity index (χ1v) is 9.76. The summed E-state index contributed by atoms with van der Waals surface area (Å²) in [5, 5.41) is 0. The number of carbonyl (C=O) groups is 2. The number of rotatable bonds is 8. The van der Waals surface area contributed by atoms with Gasteiger partial charge in [-0.15, -0.1) is 0 Å². The number of ether oxygens (including phenoxy) is 2. The molecule has 3 aromatic rings. The van der Waals surface area contributed by atoms with Crippen LogP contribution in [0.15, 0.2) is 78.9 Å². The molecule has 3 rings (SSSR count). The first-order chi connectivity index (χ1) is 14.7. The zero-order valence-corrected chi connectivity index (χ0v) is 16.8. The fourth-order valence-corrected chi connectivity index (χ4v) is 2.72.